The van der Waals surface area contributed by atoms with Crippen LogP contribution in [0.25, 0.3) is 0 Å². The summed E-state index contributed by atoms with van der Waals surface area (Å²) in [6.07, 6.45) is 1.75. The Morgan fingerprint density at radius 3 is 2.80 bits per heavy atom. The summed E-state index contributed by atoms with van der Waals surface area (Å²) in [6.45, 7) is 11.3. The molecule has 0 spiro atoms. The fourth-order valence-electron chi connectivity index (χ4n) is 3.78. The molecule has 5 heteroatoms. The van der Waals surface area contributed by atoms with E-state index in [1.165, 1.54) is 11.3 Å². The monoisotopic (exact) mass is 344 g/mol. The Morgan fingerprint density at radius 1 is 1.28 bits per heavy atom. The van der Waals surface area contributed by atoms with Gasteiger partial charge in [0.05, 0.1) is 0 Å². The number of piperazine rings is 1. The van der Waals surface area contributed by atoms with E-state index < -0.39 is 0 Å². The molecule has 1 aromatic carbocycles. The minimum Gasteiger partial charge on any atom is -0.369 e. The molecule has 25 heavy (non-hydrogen) atoms. The first-order valence-corrected chi connectivity index (χ1v) is 9.66. The number of carbonyl (C=O) groups is 1. The van der Waals surface area contributed by atoms with Crippen LogP contribution in [-0.4, -0.2) is 62.7 Å². The molecule has 2 atom stereocenters. The van der Waals surface area contributed by atoms with Crippen LogP contribution in [0.2, 0.25) is 0 Å². The van der Waals surface area contributed by atoms with Gasteiger partial charge < -0.3 is 15.5 Å². The first-order chi connectivity index (χ1) is 12.1. The van der Waals surface area contributed by atoms with E-state index in [2.05, 4.69) is 58.5 Å². The number of rotatable bonds is 5. The second-order valence-electron chi connectivity index (χ2n) is 7.56. The number of amides is 1. The minimum atomic E-state index is 0.196. The van der Waals surface area contributed by atoms with Gasteiger partial charge in [0.1, 0.15) is 0 Å². The Morgan fingerprint density at radius 2 is 2.08 bits per heavy atom. The second kappa shape index (κ2) is 8.68. The summed E-state index contributed by atoms with van der Waals surface area (Å²) < 4.78 is 0. The SMILES string of the molecule is Cc1cccc(N2CCN(CCC(=O)NC3CNCCC3C)CC2)c1. The Hall–Kier alpha value is -1.59. The lowest BCUT2D eigenvalue weighted by molar-refractivity contribution is -0.122. The van der Waals surface area contributed by atoms with Gasteiger partial charge in [0.15, 0.2) is 0 Å². The minimum absolute atomic E-state index is 0.196. The van der Waals surface area contributed by atoms with E-state index in [0.717, 1.165) is 52.2 Å². The van der Waals surface area contributed by atoms with Crippen LogP contribution in [0.1, 0.15) is 25.3 Å². The lowest BCUT2D eigenvalue weighted by Crippen LogP contribution is -2.51. The molecule has 0 radical (unpaired) electrons. The van der Waals surface area contributed by atoms with E-state index in [4.69, 9.17) is 0 Å². The zero-order valence-corrected chi connectivity index (χ0v) is 15.6. The summed E-state index contributed by atoms with van der Waals surface area (Å²) in [5.41, 5.74) is 2.62. The number of piperidine rings is 1. The molecule has 0 saturated carbocycles. The van der Waals surface area contributed by atoms with Crippen molar-refractivity contribution in [2.75, 3.05) is 50.7 Å². The highest BCUT2D eigenvalue weighted by atomic mass is 16.1. The number of nitrogens with one attached hydrogen (secondary N) is 2. The van der Waals surface area contributed by atoms with E-state index in [0.29, 0.717) is 18.4 Å². The molecule has 5 nitrogen and oxygen atoms in total. The quantitative estimate of drug-likeness (QED) is 0.852. The van der Waals surface area contributed by atoms with Crippen LogP contribution in [0, 0.1) is 12.8 Å². The van der Waals surface area contributed by atoms with E-state index >= 15 is 0 Å². The van der Waals surface area contributed by atoms with Gasteiger partial charge in [-0.15, -0.1) is 0 Å². The van der Waals surface area contributed by atoms with E-state index in [1.54, 1.807) is 0 Å². The maximum atomic E-state index is 12.2. The average Bonchev–Trinajstić information content (AvgIpc) is 2.62. The fraction of sp³-hybridized carbons (Fsp3) is 0.650. The van der Waals surface area contributed by atoms with Crippen LogP contribution in [0.4, 0.5) is 5.69 Å². The average molecular weight is 345 g/mol. The number of carbonyl (C=O) groups excluding carboxylic acids is 1. The standard InChI is InChI=1S/C20H32N4O/c1-16-4-3-5-18(14-16)24-12-10-23(11-13-24)9-7-20(25)22-19-15-21-8-6-17(19)2/h3-5,14,17,19,21H,6-13,15H2,1-2H3,(H,22,25). The van der Waals surface area contributed by atoms with Crippen molar-refractivity contribution >= 4 is 11.6 Å². The molecule has 2 saturated heterocycles. The van der Waals surface area contributed by atoms with E-state index in [1.807, 2.05) is 0 Å². The van der Waals surface area contributed by atoms with Gasteiger partial charge in [-0.3, -0.25) is 9.69 Å². The summed E-state index contributed by atoms with van der Waals surface area (Å²) >= 11 is 0. The van der Waals surface area contributed by atoms with Crippen LogP contribution in [0.3, 0.4) is 0 Å². The van der Waals surface area contributed by atoms with Crippen molar-refractivity contribution in [1.82, 2.24) is 15.5 Å². The molecule has 2 aliphatic rings. The molecule has 3 rings (SSSR count). The van der Waals surface area contributed by atoms with Gasteiger partial charge in [0.2, 0.25) is 5.91 Å². The predicted molar refractivity (Wildman–Crippen MR) is 103 cm³/mol. The Bertz CT molecular complexity index is 569. The molecule has 2 unspecified atom stereocenters. The summed E-state index contributed by atoms with van der Waals surface area (Å²) in [6, 6.07) is 9.00. The van der Waals surface area contributed by atoms with Crippen molar-refractivity contribution in [3.05, 3.63) is 29.8 Å². The molecular weight excluding hydrogens is 312 g/mol. The van der Waals surface area contributed by atoms with Crippen molar-refractivity contribution in [1.29, 1.82) is 0 Å². The molecule has 2 heterocycles. The van der Waals surface area contributed by atoms with E-state index in [-0.39, 0.29) is 5.91 Å². The highest BCUT2D eigenvalue weighted by Gasteiger charge is 2.23. The van der Waals surface area contributed by atoms with Gasteiger partial charge in [-0.2, -0.15) is 0 Å². The van der Waals surface area contributed by atoms with Gasteiger partial charge in [-0.25, -0.2) is 0 Å². The normalized spacial score (nSPS) is 25.0. The third-order valence-corrected chi connectivity index (χ3v) is 5.57. The molecule has 1 amide bonds. The molecule has 0 aliphatic carbocycles. The molecule has 2 N–H and O–H groups in total. The van der Waals surface area contributed by atoms with Crippen molar-refractivity contribution in [3.63, 3.8) is 0 Å². The topological polar surface area (TPSA) is 47.6 Å². The Kier molecular flexibility index (Phi) is 6.32. The molecule has 2 aliphatic heterocycles. The zero-order valence-electron chi connectivity index (χ0n) is 15.6. The first kappa shape index (κ1) is 18.2. The first-order valence-electron chi connectivity index (χ1n) is 9.66. The molecule has 0 aromatic heterocycles. The van der Waals surface area contributed by atoms with Crippen LogP contribution in [-0.2, 0) is 4.79 Å². The zero-order chi connectivity index (χ0) is 17.6. The smallest absolute Gasteiger partial charge is 0.221 e. The predicted octanol–water partition coefficient (Wildman–Crippen LogP) is 1.62. The summed E-state index contributed by atoms with van der Waals surface area (Å²) in [7, 11) is 0. The van der Waals surface area contributed by atoms with Crippen molar-refractivity contribution in [3.8, 4) is 0 Å². The van der Waals surface area contributed by atoms with Crippen LogP contribution >= 0.6 is 0 Å². The third kappa shape index (κ3) is 5.19. The van der Waals surface area contributed by atoms with Crippen LogP contribution in [0.15, 0.2) is 24.3 Å². The molecule has 0 bridgehead atoms. The number of nitrogens with zero attached hydrogens (tertiary/aromatic N) is 2. The summed E-state index contributed by atoms with van der Waals surface area (Å²) in [5, 5.41) is 6.58. The Balaban J connectivity index is 1.38. The number of aryl methyl sites for hydroxylation is 1. The number of anilines is 1. The van der Waals surface area contributed by atoms with Crippen molar-refractivity contribution < 1.29 is 4.79 Å². The lowest BCUT2D eigenvalue weighted by atomic mass is 9.95. The highest BCUT2D eigenvalue weighted by Crippen LogP contribution is 2.18. The summed E-state index contributed by atoms with van der Waals surface area (Å²) in [5.74, 6) is 0.768. The molecule has 1 aromatic rings. The third-order valence-electron chi connectivity index (χ3n) is 5.57. The van der Waals surface area contributed by atoms with Crippen LogP contribution < -0.4 is 15.5 Å². The van der Waals surface area contributed by atoms with Gasteiger partial charge in [-0.05, 0) is 43.5 Å². The number of hydrogen-bond acceptors (Lipinski definition) is 4. The van der Waals surface area contributed by atoms with Crippen LogP contribution in [0.5, 0.6) is 0 Å². The Labute approximate surface area is 151 Å². The van der Waals surface area contributed by atoms with Gasteiger partial charge in [-0.1, -0.05) is 19.1 Å². The van der Waals surface area contributed by atoms with E-state index in [9.17, 15) is 4.79 Å². The molecular formula is C20H32N4O. The van der Waals surface area contributed by atoms with Gasteiger partial charge in [0, 0.05) is 57.4 Å². The van der Waals surface area contributed by atoms with Gasteiger partial charge in [0.25, 0.3) is 0 Å². The summed E-state index contributed by atoms with van der Waals surface area (Å²) in [4.78, 5) is 17.1. The molecule has 2 fully saturated rings. The number of hydrogen-bond donors (Lipinski definition) is 2. The lowest BCUT2D eigenvalue weighted by Gasteiger charge is -2.36. The van der Waals surface area contributed by atoms with Gasteiger partial charge >= 0.3 is 0 Å². The maximum Gasteiger partial charge on any atom is 0.221 e. The maximum absolute atomic E-state index is 12.2. The largest absolute Gasteiger partial charge is 0.369 e. The van der Waals surface area contributed by atoms with Crippen molar-refractivity contribution in [2.45, 2.75) is 32.7 Å². The highest BCUT2D eigenvalue weighted by molar-refractivity contribution is 5.76. The number of benzene rings is 1. The van der Waals surface area contributed by atoms with Crippen molar-refractivity contribution in [2.24, 2.45) is 5.92 Å². The fourth-order valence-corrected chi connectivity index (χ4v) is 3.78. The second-order valence-corrected chi connectivity index (χ2v) is 7.56. The molecule has 138 valence electrons.